The van der Waals surface area contributed by atoms with Crippen molar-refractivity contribution in [1.82, 2.24) is 4.90 Å². The summed E-state index contributed by atoms with van der Waals surface area (Å²) < 4.78 is 24.4. The molecule has 0 unspecified atom stereocenters. The molecule has 2 aliphatic rings. The summed E-state index contributed by atoms with van der Waals surface area (Å²) in [6, 6.07) is 6.56. The molecule has 0 radical (unpaired) electrons. The molecule has 0 amide bonds. The molecule has 2 heterocycles. The van der Waals surface area contributed by atoms with Gasteiger partial charge in [-0.1, -0.05) is 24.3 Å². The molecule has 2 aliphatic heterocycles. The molecule has 3 nitrogen and oxygen atoms in total. The maximum Gasteiger partial charge on any atom is 0.123 e. The number of ether oxygens (including phenoxy) is 2. The maximum atomic E-state index is 12.8. The van der Waals surface area contributed by atoms with Crippen molar-refractivity contribution in [2.24, 2.45) is 0 Å². The average molecular weight is 291 g/mol. The highest BCUT2D eigenvalue weighted by atomic mass is 19.1. The molecule has 0 aromatic heterocycles. The first-order chi connectivity index (χ1) is 10.3. The van der Waals surface area contributed by atoms with E-state index in [1.54, 1.807) is 12.1 Å². The van der Waals surface area contributed by atoms with Crippen LogP contribution in [0.25, 0.3) is 6.08 Å². The first-order valence-electron chi connectivity index (χ1n) is 7.69. The highest BCUT2D eigenvalue weighted by molar-refractivity contribution is 5.48. The van der Waals surface area contributed by atoms with Crippen molar-refractivity contribution in [3.05, 3.63) is 41.7 Å². The summed E-state index contributed by atoms with van der Waals surface area (Å²) in [5.41, 5.74) is 1.03. The smallest absolute Gasteiger partial charge is 0.123 e. The van der Waals surface area contributed by atoms with E-state index in [4.69, 9.17) is 9.47 Å². The lowest BCUT2D eigenvalue weighted by atomic mass is 10.1. The molecule has 0 N–H and O–H groups in total. The molecular formula is C17H22FNO2. The minimum atomic E-state index is -0.195. The Hall–Kier alpha value is -1.23. The summed E-state index contributed by atoms with van der Waals surface area (Å²) in [5.74, 6) is -0.195. The summed E-state index contributed by atoms with van der Waals surface area (Å²) in [4.78, 5) is 2.38. The number of benzene rings is 1. The van der Waals surface area contributed by atoms with Gasteiger partial charge in [-0.3, -0.25) is 4.90 Å². The Bertz CT molecular complexity index is 468. The van der Waals surface area contributed by atoms with Gasteiger partial charge >= 0.3 is 0 Å². The third-order valence-electron chi connectivity index (χ3n) is 4.10. The van der Waals surface area contributed by atoms with Gasteiger partial charge in [0.05, 0.1) is 18.8 Å². The molecule has 1 aromatic rings. The van der Waals surface area contributed by atoms with Gasteiger partial charge in [0.1, 0.15) is 5.82 Å². The SMILES string of the molecule is Fc1ccc(/C=C/CN2CCO[C@@H]([C@H]3CCCO3)C2)cc1. The van der Waals surface area contributed by atoms with Crippen LogP contribution in [0.2, 0.25) is 0 Å². The molecule has 4 heteroatoms. The van der Waals surface area contributed by atoms with E-state index in [-0.39, 0.29) is 18.0 Å². The highest BCUT2D eigenvalue weighted by Gasteiger charge is 2.30. The predicted molar refractivity (Wildman–Crippen MR) is 80.6 cm³/mol. The first-order valence-corrected chi connectivity index (χ1v) is 7.69. The Kier molecular flexibility index (Phi) is 5.01. The van der Waals surface area contributed by atoms with E-state index >= 15 is 0 Å². The number of hydrogen-bond acceptors (Lipinski definition) is 3. The number of nitrogens with zero attached hydrogens (tertiary/aromatic N) is 1. The minimum absolute atomic E-state index is 0.195. The molecule has 114 valence electrons. The molecule has 0 spiro atoms. The van der Waals surface area contributed by atoms with Gasteiger partial charge in [0.25, 0.3) is 0 Å². The number of hydrogen-bond donors (Lipinski definition) is 0. The van der Waals surface area contributed by atoms with Crippen molar-refractivity contribution < 1.29 is 13.9 Å². The Morgan fingerprint density at radius 1 is 1.14 bits per heavy atom. The zero-order valence-electron chi connectivity index (χ0n) is 12.2. The van der Waals surface area contributed by atoms with Crippen LogP contribution in [0.4, 0.5) is 4.39 Å². The van der Waals surface area contributed by atoms with E-state index < -0.39 is 0 Å². The zero-order chi connectivity index (χ0) is 14.5. The molecule has 3 rings (SSSR count). The van der Waals surface area contributed by atoms with Crippen molar-refractivity contribution >= 4 is 6.08 Å². The third-order valence-corrected chi connectivity index (χ3v) is 4.10. The third kappa shape index (κ3) is 4.13. The van der Waals surface area contributed by atoms with Crippen molar-refractivity contribution in [1.29, 1.82) is 0 Å². The van der Waals surface area contributed by atoms with Crippen LogP contribution in [-0.4, -0.2) is 50.0 Å². The lowest BCUT2D eigenvalue weighted by Gasteiger charge is -2.34. The molecule has 2 fully saturated rings. The monoisotopic (exact) mass is 291 g/mol. The van der Waals surface area contributed by atoms with Gasteiger partial charge in [-0.25, -0.2) is 4.39 Å². The zero-order valence-corrected chi connectivity index (χ0v) is 12.2. The highest BCUT2D eigenvalue weighted by Crippen LogP contribution is 2.20. The van der Waals surface area contributed by atoms with Crippen LogP contribution in [0.3, 0.4) is 0 Å². The predicted octanol–water partition coefficient (Wildman–Crippen LogP) is 2.72. The van der Waals surface area contributed by atoms with Gasteiger partial charge in [-0.15, -0.1) is 0 Å². The number of halogens is 1. The normalized spacial score (nSPS) is 27.5. The summed E-state index contributed by atoms with van der Waals surface area (Å²) in [5, 5.41) is 0. The topological polar surface area (TPSA) is 21.7 Å². The fourth-order valence-corrected chi connectivity index (χ4v) is 2.93. The van der Waals surface area contributed by atoms with E-state index in [0.717, 1.165) is 51.3 Å². The van der Waals surface area contributed by atoms with E-state index in [1.165, 1.54) is 12.1 Å². The fourth-order valence-electron chi connectivity index (χ4n) is 2.93. The van der Waals surface area contributed by atoms with Crippen LogP contribution in [0.15, 0.2) is 30.3 Å². The number of rotatable bonds is 4. The maximum absolute atomic E-state index is 12.8. The van der Waals surface area contributed by atoms with Crippen LogP contribution in [0, 0.1) is 5.82 Å². The van der Waals surface area contributed by atoms with Gasteiger partial charge in [0.15, 0.2) is 0 Å². The van der Waals surface area contributed by atoms with Gasteiger partial charge in [-0.2, -0.15) is 0 Å². The van der Waals surface area contributed by atoms with Crippen molar-refractivity contribution in [3.8, 4) is 0 Å². The molecule has 2 saturated heterocycles. The van der Waals surface area contributed by atoms with Crippen LogP contribution in [0.1, 0.15) is 18.4 Å². The fraction of sp³-hybridized carbons (Fsp3) is 0.529. The van der Waals surface area contributed by atoms with Crippen LogP contribution < -0.4 is 0 Å². The van der Waals surface area contributed by atoms with Gasteiger partial charge in [-0.05, 0) is 30.5 Å². The second-order valence-corrected chi connectivity index (χ2v) is 5.67. The van der Waals surface area contributed by atoms with Gasteiger partial charge < -0.3 is 9.47 Å². The van der Waals surface area contributed by atoms with Crippen LogP contribution in [0.5, 0.6) is 0 Å². The minimum Gasteiger partial charge on any atom is -0.375 e. The molecule has 0 bridgehead atoms. The lowest BCUT2D eigenvalue weighted by molar-refractivity contribution is -0.0920. The molecule has 0 aliphatic carbocycles. The standard InChI is InChI=1S/C17H22FNO2/c18-15-7-5-14(6-8-15)3-1-9-19-10-12-21-17(13-19)16-4-2-11-20-16/h1,3,5-8,16-17H,2,4,9-13H2/b3-1+/t16-,17-/m1/s1. The molecular weight excluding hydrogens is 269 g/mol. The second kappa shape index (κ2) is 7.16. The summed E-state index contributed by atoms with van der Waals surface area (Å²) in [7, 11) is 0. The van der Waals surface area contributed by atoms with Gasteiger partial charge in [0, 0.05) is 26.2 Å². The van der Waals surface area contributed by atoms with E-state index in [2.05, 4.69) is 11.0 Å². The van der Waals surface area contributed by atoms with Crippen LogP contribution in [-0.2, 0) is 9.47 Å². The van der Waals surface area contributed by atoms with Crippen LogP contribution >= 0.6 is 0 Å². The largest absolute Gasteiger partial charge is 0.375 e. The molecule has 0 saturated carbocycles. The Morgan fingerprint density at radius 2 is 1.95 bits per heavy atom. The molecule has 21 heavy (non-hydrogen) atoms. The number of morpholine rings is 1. The van der Waals surface area contributed by atoms with Crippen molar-refractivity contribution in [3.63, 3.8) is 0 Å². The molecule has 1 aromatic carbocycles. The van der Waals surface area contributed by atoms with E-state index in [1.807, 2.05) is 6.08 Å². The Morgan fingerprint density at radius 3 is 2.71 bits per heavy atom. The van der Waals surface area contributed by atoms with Crippen molar-refractivity contribution in [2.75, 3.05) is 32.8 Å². The Balaban J connectivity index is 1.49. The summed E-state index contributed by atoms with van der Waals surface area (Å²) in [6.07, 6.45) is 6.91. The van der Waals surface area contributed by atoms with Gasteiger partial charge in [0.2, 0.25) is 0 Å². The average Bonchev–Trinajstić information content (AvgIpc) is 3.04. The van der Waals surface area contributed by atoms with Crippen molar-refractivity contribution in [2.45, 2.75) is 25.0 Å². The first kappa shape index (κ1) is 14.7. The summed E-state index contributed by atoms with van der Waals surface area (Å²) in [6.45, 7) is 4.42. The molecule has 2 atom stereocenters. The van der Waals surface area contributed by atoms with E-state index in [9.17, 15) is 4.39 Å². The second-order valence-electron chi connectivity index (χ2n) is 5.67. The summed E-state index contributed by atoms with van der Waals surface area (Å²) >= 11 is 0. The lowest BCUT2D eigenvalue weighted by Crippen LogP contribution is -2.47. The Labute approximate surface area is 125 Å². The van der Waals surface area contributed by atoms with E-state index in [0.29, 0.717) is 0 Å². The quantitative estimate of drug-likeness (QED) is 0.851.